The molecule has 3 nitrogen and oxygen atoms in total. The second-order valence-electron chi connectivity index (χ2n) is 4.48. The van der Waals surface area contributed by atoms with Gasteiger partial charge < -0.3 is 5.32 Å². The molecule has 0 radical (unpaired) electrons. The number of hydrogen-bond donors (Lipinski definition) is 1. The SMILES string of the molecule is CCn1cc(C(C)Nc2cc(C)ccc2Br)cn1. The maximum absolute atomic E-state index is 4.30. The monoisotopic (exact) mass is 307 g/mol. The third kappa shape index (κ3) is 2.93. The van der Waals surface area contributed by atoms with Gasteiger partial charge in [-0.1, -0.05) is 6.07 Å². The Labute approximate surface area is 116 Å². The lowest BCUT2D eigenvalue weighted by Gasteiger charge is -2.15. The van der Waals surface area contributed by atoms with Crippen LogP contribution in [-0.4, -0.2) is 9.78 Å². The highest BCUT2D eigenvalue weighted by Crippen LogP contribution is 2.27. The molecule has 0 fully saturated rings. The van der Waals surface area contributed by atoms with Gasteiger partial charge in [-0.15, -0.1) is 0 Å². The Morgan fingerprint density at radius 2 is 2.22 bits per heavy atom. The predicted octanol–water partition coefficient (Wildman–Crippen LogP) is 4.15. The Kier molecular flexibility index (Phi) is 4.07. The normalized spacial score (nSPS) is 12.4. The van der Waals surface area contributed by atoms with Crippen LogP contribution in [0.15, 0.2) is 35.1 Å². The minimum absolute atomic E-state index is 0.239. The Hall–Kier alpha value is -1.29. The van der Waals surface area contributed by atoms with E-state index in [0.717, 1.165) is 16.7 Å². The minimum Gasteiger partial charge on any atom is -0.377 e. The molecule has 0 aliphatic rings. The fraction of sp³-hybridized carbons (Fsp3) is 0.357. The molecule has 2 aromatic rings. The van der Waals surface area contributed by atoms with Gasteiger partial charge in [0.1, 0.15) is 0 Å². The first-order valence-electron chi connectivity index (χ1n) is 6.15. The van der Waals surface area contributed by atoms with Crippen LogP contribution < -0.4 is 5.32 Å². The van der Waals surface area contributed by atoms with Gasteiger partial charge in [-0.25, -0.2) is 0 Å². The molecular weight excluding hydrogens is 290 g/mol. The number of aromatic nitrogens is 2. The molecule has 0 spiro atoms. The number of rotatable bonds is 4. The fourth-order valence-electron chi connectivity index (χ4n) is 1.84. The smallest absolute Gasteiger partial charge is 0.0542 e. The van der Waals surface area contributed by atoms with Gasteiger partial charge in [0.2, 0.25) is 0 Å². The van der Waals surface area contributed by atoms with E-state index in [1.807, 2.05) is 10.9 Å². The number of aryl methyl sites for hydroxylation is 2. The standard InChI is InChI=1S/C14H18BrN3/c1-4-18-9-12(8-16-18)11(3)17-14-7-10(2)5-6-13(14)15/h5-9,11,17H,4H2,1-3H3. The van der Waals surface area contributed by atoms with Gasteiger partial charge >= 0.3 is 0 Å². The van der Waals surface area contributed by atoms with Crippen LogP contribution in [0.1, 0.15) is 31.0 Å². The van der Waals surface area contributed by atoms with Crippen molar-refractivity contribution in [1.82, 2.24) is 9.78 Å². The fourth-order valence-corrected chi connectivity index (χ4v) is 2.20. The van der Waals surface area contributed by atoms with Crippen molar-refractivity contribution >= 4 is 21.6 Å². The molecule has 1 unspecified atom stereocenters. The Bertz CT molecular complexity index is 534. The zero-order chi connectivity index (χ0) is 13.1. The zero-order valence-corrected chi connectivity index (χ0v) is 12.5. The second-order valence-corrected chi connectivity index (χ2v) is 5.33. The van der Waals surface area contributed by atoms with E-state index in [2.05, 4.69) is 71.5 Å². The van der Waals surface area contributed by atoms with Gasteiger partial charge in [0.05, 0.1) is 12.2 Å². The van der Waals surface area contributed by atoms with Crippen LogP contribution in [0.25, 0.3) is 0 Å². The molecule has 0 aliphatic carbocycles. The van der Waals surface area contributed by atoms with E-state index in [-0.39, 0.29) is 6.04 Å². The van der Waals surface area contributed by atoms with Crippen molar-refractivity contribution in [3.05, 3.63) is 46.2 Å². The zero-order valence-electron chi connectivity index (χ0n) is 10.9. The molecule has 1 aromatic carbocycles. The summed E-state index contributed by atoms with van der Waals surface area (Å²) in [5.74, 6) is 0. The Morgan fingerprint density at radius 3 is 2.89 bits per heavy atom. The lowest BCUT2D eigenvalue weighted by Crippen LogP contribution is -2.06. The largest absolute Gasteiger partial charge is 0.377 e. The molecule has 4 heteroatoms. The molecule has 0 saturated carbocycles. The quantitative estimate of drug-likeness (QED) is 0.919. The van der Waals surface area contributed by atoms with Gasteiger partial charge in [0, 0.05) is 28.5 Å². The molecule has 1 N–H and O–H groups in total. The van der Waals surface area contributed by atoms with Crippen molar-refractivity contribution in [1.29, 1.82) is 0 Å². The third-order valence-electron chi connectivity index (χ3n) is 2.97. The van der Waals surface area contributed by atoms with Crippen LogP contribution in [0.2, 0.25) is 0 Å². The van der Waals surface area contributed by atoms with Crippen molar-refractivity contribution < 1.29 is 0 Å². The van der Waals surface area contributed by atoms with E-state index in [9.17, 15) is 0 Å². The number of benzene rings is 1. The van der Waals surface area contributed by atoms with E-state index in [4.69, 9.17) is 0 Å². The minimum atomic E-state index is 0.239. The average Bonchev–Trinajstić information content (AvgIpc) is 2.82. The van der Waals surface area contributed by atoms with Crippen LogP contribution in [0.3, 0.4) is 0 Å². The van der Waals surface area contributed by atoms with Crippen LogP contribution in [0.5, 0.6) is 0 Å². The first-order chi connectivity index (χ1) is 8.60. The van der Waals surface area contributed by atoms with E-state index in [1.165, 1.54) is 11.1 Å². The lowest BCUT2D eigenvalue weighted by atomic mass is 10.1. The van der Waals surface area contributed by atoms with Crippen LogP contribution in [0.4, 0.5) is 5.69 Å². The number of hydrogen-bond acceptors (Lipinski definition) is 2. The highest BCUT2D eigenvalue weighted by Gasteiger charge is 2.09. The Balaban J connectivity index is 2.15. The highest BCUT2D eigenvalue weighted by atomic mass is 79.9. The van der Waals surface area contributed by atoms with Crippen molar-refractivity contribution in [3.63, 3.8) is 0 Å². The summed E-state index contributed by atoms with van der Waals surface area (Å²) in [6.45, 7) is 7.23. The van der Waals surface area contributed by atoms with E-state index in [0.29, 0.717) is 0 Å². The molecule has 0 bridgehead atoms. The van der Waals surface area contributed by atoms with Gasteiger partial charge in [0.15, 0.2) is 0 Å². The summed E-state index contributed by atoms with van der Waals surface area (Å²) >= 11 is 3.57. The molecule has 1 heterocycles. The van der Waals surface area contributed by atoms with Crippen molar-refractivity contribution in [2.24, 2.45) is 0 Å². The molecule has 1 aromatic heterocycles. The second kappa shape index (κ2) is 5.57. The van der Waals surface area contributed by atoms with Crippen LogP contribution in [-0.2, 0) is 6.54 Å². The maximum Gasteiger partial charge on any atom is 0.0542 e. The van der Waals surface area contributed by atoms with Gasteiger partial charge in [-0.3, -0.25) is 4.68 Å². The summed E-state index contributed by atoms with van der Waals surface area (Å²) in [5, 5.41) is 7.81. The highest BCUT2D eigenvalue weighted by molar-refractivity contribution is 9.10. The van der Waals surface area contributed by atoms with Crippen molar-refractivity contribution in [2.75, 3.05) is 5.32 Å². The third-order valence-corrected chi connectivity index (χ3v) is 3.66. The molecule has 1 atom stereocenters. The Morgan fingerprint density at radius 1 is 1.44 bits per heavy atom. The lowest BCUT2D eigenvalue weighted by molar-refractivity contribution is 0.658. The molecule has 18 heavy (non-hydrogen) atoms. The average molecular weight is 308 g/mol. The van der Waals surface area contributed by atoms with Crippen molar-refractivity contribution in [2.45, 2.75) is 33.4 Å². The van der Waals surface area contributed by atoms with Gasteiger partial charge in [0.25, 0.3) is 0 Å². The first kappa shape index (κ1) is 13.1. The topological polar surface area (TPSA) is 29.9 Å². The van der Waals surface area contributed by atoms with Crippen molar-refractivity contribution in [3.8, 4) is 0 Å². The predicted molar refractivity (Wildman–Crippen MR) is 78.8 cm³/mol. The van der Waals surface area contributed by atoms with Crippen LogP contribution >= 0.6 is 15.9 Å². The summed E-state index contributed by atoms with van der Waals surface area (Å²) in [7, 11) is 0. The first-order valence-corrected chi connectivity index (χ1v) is 6.94. The summed E-state index contributed by atoms with van der Waals surface area (Å²) in [4.78, 5) is 0. The molecule has 2 rings (SSSR count). The van der Waals surface area contributed by atoms with Gasteiger partial charge in [-0.2, -0.15) is 5.10 Å². The number of anilines is 1. The number of nitrogens with one attached hydrogen (secondary N) is 1. The maximum atomic E-state index is 4.30. The molecule has 96 valence electrons. The molecule has 0 saturated heterocycles. The van der Waals surface area contributed by atoms with E-state index >= 15 is 0 Å². The van der Waals surface area contributed by atoms with Gasteiger partial charge in [-0.05, 0) is 54.4 Å². The number of nitrogens with zero attached hydrogens (tertiary/aromatic N) is 2. The number of halogens is 1. The summed E-state index contributed by atoms with van der Waals surface area (Å²) < 4.78 is 3.03. The van der Waals surface area contributed by atoms with E-state index in [1.54, 1.807) is 0 Å². The summed E-state index contributed by atoms with van der Waals surface area (Å²) in [5.41, 5.74) is 3.56. The molecule has 0 aliphatic heterocycles. The van der Waals surface area contributed by atoms with E-state index < -0.39 is 0 Å². The molecular formula is C14H18BrN3. The molecule has 0 amide bonds. The summed E-state index contributed by atoms with van der Waals surface area (Å²) in [6, 6.07) is 6.54. The van der Waals surface area contributed by atoms with Crippen LogP contribution in [0, 0.1) is 6.92 Å². The summed E-state index contributed by atoms with van der Waals surface area (Å²) in [6.07, 6.45) is 4.01.